The van der Waals surface area contributed by atoms with E-state index in [0.717, 1.165) is 63.9 Å². The fourth-order valence-corrected chi connectivity index (χ4v) is 7.10. The summed E-state index contributed by atoms with van der Waals surface area (Å²) in [6.07, 6.45) is 5.45. The van der Waals surface area contributed by atoms with Crippen LogP contribution in [-0.4, -0.2) is 55.1 Å². The van der Waals surface area contributed by atoms with E-state index in [1.54, 1.807) is 23.1 Å². The number of sulfonamides is 1. The van der Waals surface area contributed by atoms with Crippen LogP contribution in [0, 0.1) is 6.92 Å². The fraction of sp³-hybridized carbons (Fsp3) is 0.333. The molecule has 0 bridgehead atoms. The van der Waals surface area contributed by atoms with Crippen molar-refractivity contribution in [2.45, 2.75) is 69.0 Å². The quantitative estimate of drug-likeness (QED) is 0.230. The van der Waals surface area contributed by atoms with E-state index in [-0.39, 0.29) is 23.4 Å². The fourth-order valence-electron chi connectivity index (χ4n) is 5.94. The maximum atomic E-state index is 14.2. The molecule has 1 atom stereocenters. The maximum Gasteiger partial charge on any atom is 0.243 e. The lowest BCUT2D eigenvalue weighted by Crippen LogP contribution is -2.54. The molecule has 8 heteroatoms. The summed E-state index contributed by atoms with van der Waals surface area (Å²) in [7, 11) is -2.56. The lowest BCUT2D eigenvalue weighted by atomic mass is 9.94. The van der Waals surface area contributed by atoms with Gasteiger partial charge in [-0.25, -0.2) is 8.42 Å². The van der Waals surface area contributed by atoms with Crippen LogP contribution >= 0.6 is 0 Å². The topological polar surface area (TPSA) is 86.8 Å². The van der Waals surface area contributed by atoms with Gasteiger partial charge in [-0.1, -0.05) is 104 Å². The van der Waals surface area contributed by atoms with E-state index in [4.69, 9.17) is 0 Å². The number of benzene rings is 4. The van der Waals surface area contributed by atoms with Gasteiger partial charge in [0.1, 0.15) is 6.04 Å². The zero-order valence-electron chi connectivity index (χ0n) is 25.5. The van der Waals surface area contributed by atoms with Gasteiger partial charge < -0.3 is 10.2 Å². The summed E-state index contributed by atoms with van der Waals surface area (Å²) in [5.41, 5.74) is 2.83. The Morgan fingerprint density at radius 2 is 1.50 bits per heavy atom. The number of aryl methyl sites for hydroxylation is 1. The zero-order valence-corrected chi connectivity index (χ0v) is 26.3. The van der Waals surface area contributed by atoms with E-state index in [1.807, 2.05) is 85.8 Å². The molecule has 1 aliphatic rings. The molecule has 230 valence electrons. The third kappa shape index (κ3) is 7.55. The van der Waals surface area contributed by atoms with E-state index in [9.17, 15) is 18.0 Å². The Balaban J connectivity index is 1.46. The van der Waals surface area contributed by atoms with Gasteiger partial charge in [0.15, 0.2) is 0 Å². The third-order valence-corrected chi connectivity index (χ3v) is 10.4. The molecule has 0 radical (unpaired) electrons. The van der Waals surface area contributed by atoms with Gasteiger partial charge in [0.2, 0.25) is 21.8 Å². The van der Waals surface area contributed by atoms with Gasteiger partial charge >= 0.3 is 0 Å². The standard InChI is InChI=1S/C36H41N3O4S/c1-27-13-9-10-18-31(27)25-39(34(23-28-14-5-3-6-15-28)36(41)37-32-19-7-4-8-20-32)35(40)26-38(2)44(42,43)33-22-21-29-16-11-12-17-30(29)24-33/h3,5-6,9-18,21-22,24,32,34H,4,7-8,19-20,23,25-26H2,1-2H3,(H,37,41)/t34-/m1/s1. The molecule has 44 heavy (non-hydrogen) atoms. The highest BCUT2D eigenvalue weighted by molar-refractivity contribution is 7.89. The van der Waals surface area contributed by atoms with Crippen LogP contribution in [0.1, 0.15) is 48.8 Å². The number of carbonyl (C=O) groups excluding carboxylic acids is 2. The SMILES string of the molecule is Cc1ccccc1CN(C(=O)CN(C)S(=O)(=O)c1ccc2ccccc2c1)[C@H](Cc1ccccc1)C(=O)NC1CCCCC1. The summed E-state index contributed by atoms with van der Waals surface area (Å²) in [6.45, 7) is 1.76. The van der Waals surface area contributed by atoms with Gasteiger partial charge in [-0.15, -0.1) is 0 Å². The summed E-state index contributed by atoms with van der Waals surface area (Å²) in [4.78, 5) is 29.9. The van der Waals surface area contributed by atoms with Crippen molar-refractivity contribution in [1.82, 2.24) is 14.5 Å². The number of amides is 2. The van der Waals surface area contributed by atoms with E-state index in [1.165, 1.54) is 7.05 Å². The molecule has 0 aromatic heterocycles. The first-order valence-corrected chi connectivity index (χ1v) is 16.8. The van der Waals surface area contributed by atoms with Crippen LogP contribution in [0.5, 0.6) is 0 Å². The average molecular weight is 612 g/mol. The Bertz CT molecular complexity index is 1700. The molecule has 0 aliphatic heterocycles. The van der Waals surface area contributed by atoms with Crippen molar-refractivity contribution in [1.29, 1.82) is 0 Å². The number of hydrogen-bond acceptors (Lipinski definition) is 4. The number of rotatable bonds is 11. The van der Waals surface area contributed by atoms with Crippen molar-refractivity contribution in [2.24, 2.45) is 0 Å². The Morgan fingerprint density at radius 1 is 0.841 bits per heavy atom. The normalized spacial score (nSPS) is 14.8. The van der Waals surface area contributed by atoms with Crippen molar-refractivity contribution in [3.63, 3.8) is 0 Å². The Morgan fingerprint density at radius 3 is 2.23 bits per heavy atom. The second-order valence-corrected chi connectivity index (χ2v) is 13.8. The predicted molar refractivity (Wildman–Crippen MR) is 174 cm³/mol. The largest absolute Gasteiger partial charge is 0.352 e. The second kappa shape index (κ2) is 14.2. The zero-order chi connectivity index (χ0) is 31.1. The van der Waals surface area contributed by atoms with Crippen molar-refractivity contribution >= 4 is 32.6 Å². The number of nitrogens with zero attached hydrogens (tertiary/aromatic N) is 2. The molecule has 0 saturated heterocycles. The Kier molecular flexibility index (Phi) is 10.1. The maximum absolute atomic E-state index is 14.2. The van der Waals surface area contributed by atoms with Crippen LogP contribution in [-0.2, 0) is 32.6 Å². The van der Waals surface area contributed by atoms with Crippen molar-refractivity contribution in [3.8, 4) is 0 Å². The van der Waals surface area contributed by atoms with Crippen LogP contribution in [0.4, 0.5) is 0 Å². The highest BCUT2D eigenvalue weighted by Gasteiger charge is 2.34. The molecule has 5 rings (SSSR count). The molecule has 7 nitrogen and oxygen atoms in total. The van der Waals surface area contributed by atoms with E-state index < -0.39 is 28.5 Å². The van der Waals surface area contributed by atoms with Crippen LogP contribution in [0.25, 0.3) is 10.8 Å². The van der Waals surface area contributed by atoms with Gasteiger partial charge in [0.05, 0.1) is 11.4 Å². The molecular weight excluding hydrogens is 570 g/mol. The van der Waals surface area contributed by atoms with Gasteiger partial charge in [0, 0.05) is 26.1 Å². The Labute approximate surface area is 260 Å². The molecule has 4 aromatic carbocycles. The molecule has 1 aliphatic carbocycles. The van der Waals surface area contributed by atoms with Gasteiger partial charge in [0.25, 0.3) is 0 Å². The van der Waals surface area contributed by atoms with Gasteiger partial charge in [-0.05, 0) is 59.4 Å². The third-order valence-electron chi connectivity index (χ3n) is 8.61. The van der Waals surface area contributed by atoms with Crippen LogP contribution in [0.15, 0.2) is 102 Å². The highest BCUT2D eigenvalue weighted by Crippen LogP contribution is 2.23. The van der Waals surface area contributed by atoms with E-state index in [0.29, 0.717) is 6.42 Å². The molecule has 0 spiro atoms. The van der Waals surface area contributed by atoms with E-state index in [2.05, 4.69) is 5.32 Å². The van der Waals surface area contributed by atoms with Crippen LogP contribution < -0.4 is 5.32 Å². The van der Waals surface area contributed by atoms with Crippen molar-refractivity contribution in [3.05, 3.63) is 114 Å². The molecule has 2 amide bonds. The first kappa shape index (κ1) is 31.4. The summed E-state index contributed by atoms with van der Waals surface area (Å²) in [5.74, 6) is -0.637. The average Bonchev–Trinajstić information content (AvgIpc) is 3.04. The first-order valence-electron chi connectivity index (χ1n) is 15.4. The predicted octanol–water partition coefficient (Wildman–Crippen LogP) is 5.86. The number of fused-ring (bicyclic) bond motifs is 1. The molecule has 0 unspecified atom stereocenters. The summed E-state index contributed by atoms with van der Waals surface area (Å²) >= 11 is 0. The minimum atomic E-state index is -3.98. The lowest BCUT2D eigenvalue weighted by molar-refractivity contribution is -0.141. The smallest absolute Gasteiger partial charge is 0.243 e. The molecule has 1 fully saturated rings. The number of carbonyl (C=O) groups is 2. The minimum Gasteiger partial charge on any atom is -0.352 e. The number of nitrogens with one attached hydrogen (secondary N) is 1. The van der Waals surface area contributed by atoms with Gasteiger partial charge in [-0.3, -0.25) is 9.59 Å². The minimum absolute atomic E-state index is 0.0703. The van der Waals surface area contributed by atoms with Crippen molar-refractivity contribution < 1.29 is 18.0 Å². The van der Waals surface area contributed by atoms with Crippen LogP contribution in [0.3, 0.4) is 0 Å². The van der Waals surface area contributed by atoms with Gasteiger partial charge in [-0.2, -0.15) is 4.31 Å². The molecule has 0 heterocycles. The first-order chi connectivity index (χ1) is 21.2. The summed E-state index contributed by atoms with van der Waals surface area (Å²) in [5, 5.41) is 4.97. The lowest BCUT2D eigenvalue weighted by Gasteiger charge is -2.34. The summed E-state index contributed by atoms with van der Waals surface area (Å²) in [6, 6.07) is 29.2. The van der Waals surface area contributed by atoms with E-state index >= 15 is 0 Å². The molecular formula is C36H41N3O4S. The molecule has 1 saturated carbocycles. The second-order valence-electron chi connectivity index (χ2n) is 11.8. The molecule has 4 aromatic rings. The summed E-state index contributed by atoms with van der Waals surface area (Å²) < 4.78 is 28.4. The number of hydrogen-bond donors (Lipinski definition) is 1. The number of likely N-dealkylation sites (N-methyl/N-ethyl adjacent to an activating group) is 1. The monoisotopic (exact) mass is 611 g/mol. The highest BCUT2D eigenvalue weighted by atomic mass is 32.2. The molecule has 1 N–H and O–H groups in total. The van der Waals surface area contributed by atoms with Crippen molar-refractivity contribution in [2.75, 3.05) is 13.6 Å². The Hall–Kier alpha value is -4.01. The van der Waals surface area contributed by atoms with Crippen LogP contribution in [0.2, 0.25) is 0 Å².